The molecule has 0 aromatic heterocycles. The number of hydrogen-bond acceptors (Lipinski definition) is 4. The fourth-order valence-electron chi connectivity index (χ4n) is 1.03. The van der Waals surface area contributed by atoms with Gasteiger partial charge in [-0.25, -0.2) is 5.06 Å². The molecule has 0 unspecified atom stereocenters. The summed E-state index contributed by atoms with van der Waals surface area (Å²) in [7, 11) is 1.52. The standard InChI is InChI=1S/C7H12N2O4/c1-12-3-2-9-7(11)5(4-13-9)6(8)10/h5H,2-4H2,1H3,(H2,8,10)/t5-/m0/s1. The topological polar surface area (TPSA) is 81.9 Å². The van der Waals surface area contributed by atoms with Crippen molar-refractivity contribution in [3.8, 4) is 0 Å². The Labute approximate surface area is 75.5 Å². The Hall–Kier alpha value is -1.14. The second-order valence-electron chi connectivity index (χ2n) is 2.68. The fraction of sp³-hybridized carbons (Fsp3) is 0.714. The molecule has 1 aliphatic heterocycles. The molecule has 0 spiro atoms. The molecule has 13 heavy (non-hydrogen) atoms. The van der Waals surface area contributed by atoms with Crippen LogP contribution in [0.4, 0.5) is 0 Å². The average molecular weight is 188 g/mol. The first kappa shape index (κ1) is 9.94. The number of methoxy groups -OCH3 is 1. The minimum Gasteiger partial charge on any atom is -0.383 e. The highest BCUT2D eigenvalue weighted by Crippen LogP contribution is 2.13. The van der Waals surface area contributed by atoms with Gasteiger partial charge in [0, 0.05) is 7.11 Å². The number of ether oxygens (including phenoxy) is 1. The highest BCUT2D eigenvalue weighted by atomic mass is 16.7. The van der Waals surface area contributed by atoms with E-state index in [-0.39, 0.29) is 12.5 Å². The number of carbonyl (C=O) groups excluding carboxylic acids is 2. The molecule has 0 saturated carbocycles. The molecule has 1 aliphatic rings. The molecule has 1 fully saturated rings. The second-order valence-corrected chi connectivity index (χ2v) is 2.68. The molecule has 1 rings (SSSR count). The maximum Gasteiger partial charge on any atom is 0.261 e. The molecular formula is C7H12N2O4. The highest BCUT2D eigenvalue weighted by molar-refractivity contribution is 6.00. The maximum atomic E-state index is 11.3. The lowest BCUT2D eigenvalue weighted by Gasteiger charge is -2.12. The van der Waals surface area contributed by atoms with Crippen molar-refractivity contribution in [2.24, 2.45) is 11.7 Å². The van der Waals surface area contributed by atoms with E-state index in [2.05, 4.69) is 0 Å². The number of rotatable bonds is 4. The zero-order valence-electron chi connectivity index (χ0n) is 7.36. The van der Waals surface area contributed by atoms with E-state index in [0.717, 1.165) is 5.06 Å². The van der Waals surface area contributed by atoms with E-state index in [1.54, 1.807) is 0 Å². The summed E-state index contributed by atoms with van der Waals surface area (Å²) in [6.45, 7) is 0.730. The van der Waals surface area contributed by atoms with Gasteiger partial charge in [-0.05, 0) is 0 Å². The second kappa shape index (κ2) is 4.20. The number of hydrogen-bond donors (Lipinski definition) is 1. The average Bonchev–Trinajstić information content (AvgIpc) is 2.43. The van der Waals surface area contributed by atoms with Gasteiger partial charge in [0.15, 0.2) is 0 Å². The van der Waals surface area contributed by atoms with Gasteiger partial charge in [0.25, 0.3) is 5.91 Å². The van der Waals surface area contributed by atoms with E-state index in [4.69, 9.17) is 15.3 Å². The van der Waals surface area contributed by atoms with Crippen LogP contribution in [-0.4, -0.2) is 43.7 Å². The van der Waals surface area contributed by atoms with E-state index >= 15 is 0 Å². The molecule has 0 aromatic carbocycles. The molecular weight excluding hydrogens is 176 g/mol. The van der Waals surface area contributed by atoms with Crippen molar-refractivity contribution in [2.75, 3.05) is 26.9 Å². The highest BCUT2D eigenvalue weighted by Gasteiger charge is 2.36. The van der Waals surface area contributed by atoms with E-state index in [9.17, 15) is 9.59 Å². The first-order chi connectivity index (χ1) is 6.16. The van der Waals surface area contributed by atoms with E-state index in [0.29, 0.717) is 13.2 Å². The maximum absolute atomic E-state index is 11.3. The van der Waals surface area contributed by atoms with Gasteiger partial charge < -0.3 is 10.5 Å². The summed E-state index contributed by atoms with van der Waals surface area (Å²) in [4.78, 5) is 26.9. The Kier molecular flexibility index (Phi) is 3.21. The quantitative estimate of drug-likeness (QED) is 0.545. The van der Waals surface area contributed by atoms with Gasteiger partial charge in [-0.2, -0.15) is 0 Å². The van der Waals surface area contributed by atoms with Crippen LogP contribution in [-0.2, 0) is 19.2 Å². The first-order valence-corrected chi connectivity index (χ1v) is 3.89. The van der Waals surface area contributed by atoms with Gasteiger partial charge in [0.1, 0.15) is 5.92 Å². The van der Waals surface area contributed by atoms with E-state index < -0.39 is 11.8 Å². The first-order valence-electron chi connectivity index (χ1n) is 3.89. The smallest absolute Gasteiger partial charge is 0.261 e. The van der Waals surface area contributed by atoms with Crippen LogP contribution in [0.15, 0.2) is 0 Å². The van der Waals surface area contributed by atoms with Crippen LogP contribution in [0, 0.1) is 5.92 Å². The zero-order chi connectivity index (χ0) is 9.84. The number of carbonyl (C=O) groups is 2. The third kappa shape index (κ3) is 2.16. The van der Waals surface area contributed by atoms with Crippen LogP contribution in [0.1, 0.15) is 0 Å². The number of nitrogens with zero attached hydrogens (tertiary/aromatic N) is 1. The van der Waals surface area contributed by atoms with Crippen molar-refractivity contribution < 1.29 is 19.2 Å². The van der Waals surface area contributed by atoms with Crippen molar-refractivity contribution in [3.05, 3.63) is 0 Å². The number of amides is 2. The minimum atomic E-state index is -0.836. The molecule has 2 amide bonds. The Bertz CT molecular complexity index is 219. The summed E-state index contributed by atoms with van der Waals surface area (Å²) in [5.74, 6) is -1.87. The summed E-state index contributed by atoms with van der Waals surface area (Å²) in [5, 5.41) is 1.11. The van der Waals surface area contributed by atoms with Gasteiger partial charge in [-0.15, -0.1) is 0 Å². The van der Waals surface area contributed by atoms with Crippen molar-refractivity contribution in [1.29, 1.82) is 0 Å². The number of primary amides is 1. The molecule has 0 aliphatic carbocycles. The van der Waals surface area contributed by atoms with E-state index in [1.807, 2.05) is 0 Å². The summed E-state index contributed by atoms with van der Waals surface area (Å²) in [6.07, 6.45) is 0. The molecule has 6 heteroatoms. The molecule has 74 valence electrons. The molecule has 1 saturated heterocycles. The van der Waals surface area contributed by atoms with Gasteiger partial charge in [0.2, 0.25) is 5.91 Å². The van der Waals surface area contributed by atoms with Crippen LogP contribution in [0.2, 0.25) is 0 Å². The van der Waals surface area contributed by atoms with Gasteiger partial charge >= 0.3 is 0 Å². The van der Waals surface area contributed by atoms with Crippen LogP contribution >= 0.6 is 0 Å². The summed E-state index contributed by atoms with van der Waals surface area (Å²) >= 11 is 0. The van der Waals surface area contributed by atoms with Crippen LogP contribution in [0.3, 0.4) is 0 Å². The predicted octanol–water partition coefficient (Wildman–Crippen LogP) is -1.49. The van der Waals surface area contributed by atoms with Crippen molar-refractivity contribution in [3.63, 3.8) is 0 Å². The largest absolute Gasteiger partial charge is 0.383 e. The lowest BCUT2D eigenvalue weighted by atomic mass is 10.1. The molecule has 0 radical (unpaired) electrons. The Morgan fingerprint density at radius 3 is 3.00 bits per heavy atom. The summed E-state index contributed by atoms with van der Waals surface area (Å²) in [6, 6.07) is 0. The Morgan fingerprint density at radius 1 is 1.85 bits per heavy atom. The SMILES string of the molecule is COCCN1OC[C@@H](C(N)=O)C1=O. The molecule has 6 nitrogen and oxygen atoms in total. The minimum absolute atomic E-state index is 0.0396. The Morgan fingerprint density at radius 2 is 2.54 bits per heavy atom. The molecule has 2 N–H and O–H groups in total. The van der Waals surface area contributed by atoms with E-state index in [1.165, 1.54) is 7.11 Å². The van der Waals surface area contributed by atoms with Gasteiger partial charge in [0.05, 0.1) is 19.8 Å². The molecule has 0 aromatic rings. The Balaban J connectivity index is 2.45. The molecule has 1 heterocycles. The van der Waals surface area contributed by atoms with Crippen LogP contribution in [0.5, 0.6) is 0 Å². The van der Waals surface area contributed by atoms with Crippen molar-refractivity contribution in [2.45, 2.75) is 0 Å². The molecule has 1 atom stereocenters. The third-order valence-corrected chi connectivity index (χ3v) is 1.78. The van der Waals surface area contributed by atoms with Crippen molar-refractivity contribution >= 4 is 11.8 Å². The fourth-order valence-corrected chi connectivity index (χ4v) is 1.03. The normalized spacial score (nSPS) is 22.4. The lowest BCUT2D eigenvalue weighted by Crippen LogP contribution is -2.35. The summed E-state index contributed by atoms with van der Waals surface area (Å²) < 4.78 is 4.76. The van der Waals surface area contributed by atoms with Gasteiger partial charge in [-0.3, -0.25) is 14.4 Å². The number of nitrogens with two attached hydrogens (primary N) is 1. The third-order valence-electron chi connectivity index (χ3n) is 1.78. The van der Waals surface area contributed by atoms with Crippen LogP contribution < -0.4 is 5.73 Å². The predicted molar refractivity (Wildman–Crippen MR) is 42.2 cm³/mol. The lowest BCUT2D eigenvalue weighted by molar-refractivity contribution is -0.164. The number of hydroxylamine groups is 2. The van der Waals surface area contributed by atoms with Gasteiger partial charge in [-0.1, -0.05) is 0 Å². The summed E-state index contributed by atoms with van der Waals surface area (Å²) in [5.41, 5.74) is 4.98. The zero-order valence-corrected chi connectivity index (χ0v) is 7.36. The molecule has 0 bridgehead atoms. The van der Waals surface area contributed by atoms with Crippen LogP contribution in [0.25, 0.3) is 0 Å². The van der Waals surface area contributed by atoms with Crippen molar-refractivity contribution in [1.82, 2.24) is 5.06 Å². The monoisotopic (exact) mass is 188 g/mol.